The molecule has 12 heavy (non-hydrogen) atoms. The molecular formula is C11H22N. The summed E-state index contributed by atoms with van der Waals surface area (Å²) in [6.07, 6.45) is 14.0. The lowest BCUT2D eigenvalue weighted by Crippen LogP contribution is -1.78. The van der Waals surface area contributed by atoms with Gasteiger partial charge < -0.3 is 5.73 Å². The van der Waals surface area contributed by atoms with Gasteiger partial charge >= 0.3 is 0 Å². The summed E-state index contributed by atoms with van der Waals surface area (Å²) in [7, 11) is 0. The fraction of sp³-hybridized carbons (Fsp3) is 0.818. The van der Waals surface area contributed by atoms with E-state index in [1.807, 2.05) is 6.08 Å². The summed E-state index contributed by atoms with van der Waals surface area (Å²) in [5.74, 6) is 0. The lowest BCUT2D eigenvalue weighted by Gasteiger charge is -1.98. The average molecular weight is 168 g/mol. The van der Waals surface area contributed by atoms with E-state index in [4.69, 9.17) is 5.73 Å². The van der Waals surface area contributed by atoms with Crippen LogP contribution in [0.15, 0.2) is 12.3 Å². The fourth-order valence-electron chi connectivity index (χ4n) is 1.30. The van der Waals surface area contributed by atoms with Crippen LogP contribution in [0.3, 0.4) is 0 Å². The quantitative estimate of drug-likeness (QED) is 0.490. The Labute approximate surface area is 77.0 Å². The Hall–Kier alpha value is -0.460. The summed E-state index contributed by atoms with van der Waals surface area (Å²) >= 11 is 0. The molecule has 0 rings (SSSR count). The highest BCUT2D eigenvalue weighted by Gasteiger charge is 1.88. The first-order valence-electron chi connectivity index (χ1n) is 5.24. The van der Waals surface area contributed by atoms with Crippen molar-refractivity contribution in [3.8, 4) is 0 Å². The van der Waals surface area contributed by atoms with Gasteiger partial charge in [-0.25, -0.2) is 0 Å². The number of rotatable bonds is 8. The minimum Gasteiger partial charge on any atom is -0.309 e. The van der Waals surface area contributed by atoms with Crippen molar-refractivity contribution in [2.75, 3.05) is 0 Å². The van der Waals surface area contributed by atoms with Gasteiger partial charge in [-0.2, -0.15) is 0 Å². The molecule has 1 nitrogen and oxygen atoms in total. The second-order valence-corrected chi connectivity index (χ2v) is 3.31. The van der Waals surface area contributed by atoms with E-state index in [0.29, 0.717) is 0 Å². The number of hydrogen-bond donors (Lipinski definition) is 0. The van der Waals surface area contributed by atoms with E-state index in [1.165, 1.54) is 51.1 Å². The monoisotopic (exact) mass is 168 g/mol. The number of unbranched alkanes of at least 4 members (excludes halogenated alkanes) is 7. The third-order valence-corrected chi connectivity index (χ3v) is 2.09. The maximum absolute atomic E-state index is 6.79. The van der Waals surface area contributed by atoms with E-state index in [9.17, 15) is 0 Å². The molecular weight excluding hydrogens is 146 g/mol. The average Bonchev–Trinajstić information content (AvgIpc) is 2.10. The number of allylic oxidation sites excluding steroid dienone is 1. The third kappa shape index (κ3) is 9.54. The minimum atomic E-state index is 1.09. The highest BCUT2D eigenvalue weighted by molar-refractivity contribution is 4.74. The van der Waals surface area contributed by atoms with Crippen molar-refractivity contribution in [1.82, 2.24) is 5.73 Å². The molecule has 0 amide bonds. The molecule has 0 spiro atoms. The summed E-state index contributed by atoms with van der Waals surface area (Å²) in [4.78, 5) is 0. The van der Waals surface area contributed by atoms with Gasteiger partial charge in [0.25, 0.3) is 0 Å². The molecule has 0 aromatic rings. The standard InChI is InChI=1S/C11H22N/c1-2-3-4-5-6-7-8-9-10-11-12/h10-12H,2-9H2,1H3/b11-10+. The summed E-state index contributed by atoms with van der Waals surface area (Å²) in [5.41, 5.74) is 6.79. The van der Waals surface area contributed by atoms with Crippen molar-refractivity contribution in [2.24, 2.45) is 0 Å². The van der Waals surface area contributed by atoms with Crippen molar-refractivity contribution >= 4 is 0 Å². The Kier molecular flexibility index (Phi) is 10.1. The van der Waals surface area contributed by atoms with E-state index in [0.717, 1.165) is 6.42 Å². The Bertz CT molecular complexity index is 97.2. The Morgan fingerprint density at radius 1 is 0.917 bits per heavy atom. The first kappa shape index (κ1) is 11.5. The summed E-state index contributed by atoms with van der Waals surface area (Å²) in [5, 5.41) is 0. The molecule has 0 saturated carbocycles. The van der Waals surface area contributed by atoms with E-state index < -0.39 is 0 Å². The van der Waals surface area contributed by atoms with Gasteiger partial charge in [-0.3, -0.25) is 0 Å². The van der Waals surface area contributed by atoms with Crippen LogP contribution < -0.4 is 5.73 Å². The minimum absolute atomic E-state index is 1.09. The first-order chi connectivity index (χ1) is 5.91. The zero-order valence-corrected chi connectivity index (χ0v) is 8.31. The van der Waals surface area contributed by atoms with Crippen LogP contribution in [0.5, 0.6) is 0 Å². The smallest absolute Gasteiger partial charge is 0.0137 e. The number of nitrogens with one attached hydrogen (secondary N) is 1. The van der Waals surface area contributed by atoms with Crippen LogP contribution in [-0.4, -0.2) is 0 Å². The zero-order chi connectivity index (χ0) is 9.07. The van der Waals surface area contributed by atoms with Crippen molar-refractivity contribution < 1.29 is 0 Å². The van der Waals surface area contributed by atoms with Crippen LogP contribution in [0.25, 0.3) is 0 Å². The van der Waals surface area contributed by atoms with Gasteiger partial charge in [-0.15, -0.1) is 0 Å². The molecule has 0 fully saturated rings. The van der Waals surface area contributed by atoms with Crippen molar-refractivity contribution in [2.45, 2.75) is 58.3 Å². The van der Waals surface area contributed by atoms with Crippen molar-refractivity contribution in [3.05, 3.63) is 12.3 Å². The molecule has 0 unspecified atom stereocenters. The molecule has 1 heteroatoms. The molecule has 0 aliphatic heterocycles. The Balaban J connectivity index is 2.81. The normalized spacial score (nSPS) is 11.1. The van der Waals surface area contributed by atoms with Crippen LogP contribution in [0.2, 0.25) is 0 Å². The van der Waals surface area contributed by atoms with E-state index in [2.05, 4.69) is 6.92 Å². The molecule has 0 aromatic carbocycles. The molecule has 0 atom stereocenters. The summed E-state index contributed by atoms with van der Waals surface area (Å²) < 4.78 is 0. The lowest BCUT2D eigenvalue weighted by molar-refractivity contribution is 0.592. The van der Waals surface area contributed by atoms with Crippen LogP contribution in [0, 0.1) is 0 Å². The second-order valence-electron chi connectivity index (χ2n) is 3.31. The maximum Gasteiger partial charge on any atom is 0.0137 e. The SMILES string of the molecule is CCCCCCCCC/C=C/[NH]. The van der Waals surface area contributed by atoms with Crippen molar-refractivity contribution in [3.63, 3.8) is 0 Å². The summed E-state index contributed by atoms with van der Waals surface area (Å²) in [6, 6.07) is 0. The third-order valence-electron chi connectivity index (χ3n) is 2.09. The van der Waals surface area contributed by atoms with E-state index >= 15 is 0 Å². The predicted octanol–water partition coefficient (Wildman–Crippen LogP) is 3.92. The van der Waals surface area contributed by atoms with Crippen LogP contribution in [0.1, 0.15) is 58.3 Å². The highest BCUT2D eigenvalue weighted by atomic mass is 14.5. The van der Waals surface area contributed by atoms with Gasteiger partial charge in [0.1, 0.15) is 0 Å². The molecule has 0 aliphatic rings. The predicted molar refractivity (Wildman–Crippen MR) is 54.8 cm³/mol. The van der Waals surface area contributed by atoms with E-state index in [-0.39, 0.29) is 0 Å². The van der Waals surface area contributed by atoms with Gasteiger partial charge in [-0.05, 0) is 12.8 Å². The van der Waals surface area contributed by atoms with Gasteiger partial charge in [0.15, 0.2) is 0 Å². The lowest BCUT2D eigenvalue weighted by atomic mass is 10.1. The topological polar surface area (TPSA) is 23.8 Å². The highest BCUT2D eigenvalue weighted by Crippen LogP contribution is 2.08. The van der Waals surface area contributed by atoms with Crippen LogP contribution in [0.4, 0.5) is 0 Å². The summed E-state index contributed by atoms with van der Waals surface area (Å²) in [6.45, 7) is 2.25. The molecule has 0 saturated heterocycles. The Morgan fingerprint density at radius 3 is 2.08 bits per heavy atom. The van der Waals surface area contributed by atoms with Gasteiger partial charge in [0, 0.05) is 6.20 Å². The Morgan fingerprint density at radius 2 is 1.50 bits per heavy atom. The molecule has 0 aromatic heterocycles. The van der Waals surface area contributed by atoms with E-state index in [1.54, 1.807) is 0 Å². The maximum atomic E-state index is 6.79. The van der Waals surface area contributed by atoms with Crippen LogP contribution in [-0.2, 0) is 0 Å². The van der Waals surface area contributed by atoms with Crippen molar-refractivity contribution in [1.29, 1.82) is 0 Å². The molecule has 0 aliphatic carbocycles. The fourth-order valence-corrected chi connectivity index (χ4v) is 1.30. The molecule has 0 heterocycles. The molecule has 1 N–H and O–H groups in total. The molecule has 0 bridgehead atoms. The first-order valence-corrected chi connectivity index (χ1v) is 5.24. The van der Waals surface area contributed by atoms with Crippen LogP contribution >= 0.6 is 0 Å². The van der Waals surface area contributed by atoms with Gasteiger partial charge in [0.2, 0.25) is 0 Å². The largest absolute Gasteiger partial charge is 0.309 e. The molecule has 1 radical (unpaired) electrons. The van der Waals surface area contributed by atoms with Gasteiger partial charge in [-0.1, -0.05) is 51.5 Å². The second kappa shape index (κ2) is 10.5. The van der Waals surface area contributed by atoms with Gasteiger partial charge in [0.05, 0.1) is 0 Å². The molecule has 71 valence electrons. The zero-order valence-electron chi connectivity index (χ0n) is 8.31. The number of hydrogen-bond acceptors (Lipinski definition) is 0.